The van der Waals surface area contributed by atoms with Gasteiger partial charge < -0.3 is 10.6 Å². The molecule has 0 aromatic carbocycles. The number of hydrogen-bond acceptors (Lipinski definition) is 4. The number of halogens is 9. The molecule has 0 bridgehead atoms. The van der Waals surface area contributed by atoms with E-state index < -0.39 is 48.6 Å². The summed E-state index contributed by atoms with van der Waals surface area (Å²) < 4.78 is 124. The number of hydrogen-bond donors (Lipinski definition) is 2. The molecular formula is C28H32F9N7. The van der Waals surface area contributed by atoms with E-state index in [9.17, 15) is 39.5 Å². The summed E-state index contributed by atoms with van der Waals surface area (Å²) in [5.41, 5.74) is 4.73. The quantitative estimate of drug-likeness (QED) is 0.117. The lowest BCUT2D eigenvalue weighted by Crippen LogP contribution is -2.42. The number of nitrogens with zero attached hydrogens (tertiary/aromatic N) is 5. The van der Waals surface area contributed by atoms with Crippen molar-refractivity contribution < 1.29 is 39.5 Å². The van der Waals surface area contributed by atoms with Gasteiger partial charge in [0, 0.05) is 38.5 Å². The van der Waals surface area contributed by atoms with Crippen LogP contribution < -0.4 is 11.6 Å². The van der Waals surface area contributed by atoms with Gasteiger partial charge >= 0.3 is 18.5 Å². The summed E-state index contributed by atoms with van der Waals surface area (Å²) in [5.74, 6) is 3.30. The van der Waals surface area contributed by atoms with E-state index in [1.165, 1.54) is 24.1 Å². The molecule has 0 fully saturated rings. The molecule has 2 aliphatic rings. The molecule has 0 amide bonds. The Morgan fingerprint density at radius 1 is 0.977 bits per heavy atom. The second-order valence-corrected chi connectivity index (χ2v) is 10.1. The number of aryl methyl sites for hydroxylation is 2. The van der Waals surface area contributed by atoms with Gasteiger partial charge in [0.2, 0.25) is 5.96 Å². The molecule has 44 heavy (non-hydrogen) atoms. The Bertz CT molecular complexity index is 1420. The lowest BCUT2D eigenvalue weighted by Gasteiger charge is -2.27. The van der Waals surface area contributed by atoms with Crippen molar-refractivity contribution in [2.24, 2.45) is 22.6 Å². The summed E-state index contributed by atoms with van der Waals surface area (Å²) in [5, 5.41) is 9.22. The zero-order valence-corrected chi connectivity index (χ0v) is 24.0. The zero-order valence-electron chi connectivity index (χ0n) is 24.0. The molecule has 2 aliphatic carbocycles. The number of allylic oxidation sites excluding steroid dienone is 9. The highest BCUT2D eigenvalue weighted by atomic mass is 19.4. The lowest BCUT2D eigenvalue weighted by molar-refractivity contribution is -0.148. The van der Waals surface area contributed by atoms with Gasteiger partial charge in [-0.3, -0.25) is 4.68 Å². The Kier molecular flexibility index (Phi) is 10.5. The molecule has 1 heterocycles. The maximum Gasteiger partial charge on any atom is 0.416 e. The highest BCUT2D eigenvalue weighted by molar-refractivity contribution is 5.82. The topological polar surface area (TPSA) is 88.7 Å². The van der Waals surface area contributed by atoms with Crippen molar-refractivity contribution in [2.75, 3.05) is 20.1 Å². The van der Waals surface area contributed by atoms with Crippen molar-refractivity contribution >= 4 is 11.5 Å². The van der Waals surface area contributed by atoms with Crippen LogP contribution in [0.15, 0.2) is 76.1 Å². The van der Waals surface area contributed by atoms with Crippen molar-refractivity contribution in [2.45, 2.75) is 51.8 Å². The van der Waals surface area contributed by atoms with Crippen LogP contribution in [0.5, 0.6) is 0 Å². The minimum Gasteiger partial charge on any atom is -0.368 e. The molecule has 0 saturated heterocycles. The van der Waals surface area contributed by atoms with Crippen molar-refractivity contribution in [3.05, 3.63) is 82.3 Å². The summed E-state index contributed by atoms with van der Waals surface area (Å²) in [4.78, 5) is 1.22. The summed E-state index contributed by atoms with van der Waals surface area (Å²) in [7, 11) is 1.30. The van der Waals surface area contributed by atoms with E-state index in [0.29, 0.717) is 36.4 Å². The second-order valence-electron chi connectivity index (χ2n) is 10.1. The van der Waals surface area contributed by atoms with Crippen molar-refractivity contribution in [1.82, 2.24) is 19.8 Å². The van der Waals surface area contributed by atoms with Crippen LogP contribution in [0, 0.1) is 5.92 Å². The van der Waals surface area contributed by atoms with E-state index in [1.807, 2.05) is 13.8 Å². The SMILES string of the molecule is CCc1cn(CC)nc1C1=C(CN(CC2=CC(C(F)(F)F)=CC(C(F)(F)F)=CC2)/C(N)=N/N(C)N)C=CC(C(F)(F)F)C=C1. The van der Waals surface area contributed by atoms with Crippen LogP contribution in [-0.4, -0.2) is 64.4 Å². The van der Waals surface area contributed by atoms with E-state index >= 15 is 0 Å². The van der Waals surface area contributed by atoms with Gasteiger partial charge in [-0.2, -0.15) is 44.6 Å². The van der Waals surface area contributed by atoms with Crippen LogP contribution in [0.25, 0.3) is 5.57 Å². The molecule has 1 aromatic rings. The number of alkyl halides is 9. The van der Waals surface area contributed by atoms with Gasteiger partial charge in [0.25, 0.3) is 0 Å². The third-order valence-corrected chi connectivity index (χ3v) is 6.75. The van der Waals surface area contributed by atoms with E-state index in [-0.39, 0.29) is 29.7 Å². The van der Waals surface area contributed by atoms with E-state index in [1.54, 1.807) is 10.9 Å². The van der Waals surface area contributed by atoms with Crippen LogP contribution in [0.4, 0.5) is 39.5 Å². The van der Waals surface area contributed by atoms with Crippen LogP contribution >= 0.6 is 0 Å². The first-order chi connectivity index (χ1) is 20.3. The number of rotatable bonds is 8. The Balaban J connectivity index is 2.16. The minimum absolute atomic E-state index is 0.0233. The number of nitrogens with two attached hydrogens (primary N) is 2. The third kappa shape index (κ3) is 8.80. The first-order valence-corrected chi connectivity index (χ1v) is 13.4. The van der Waals surface area contributed by atoms with Crippen LogP contribution in [0.1, 0.15) is 31.5 Å². The molecule has 0 saturated carbocycles. The average Bonchev–Trinajstić information content (AvgIpc) is 3.03. The Morgan fingerprint density at radius 3 is 2.16 bits per heavy atom. The normalized spacial score (nSPS) is 18.5. The molecule has 0 aliphatic heterocycles. The highest BCUT2D eigenvalue weighted by Crippen LogP contribution is 2.37. The fraction of sp³-hybridized carbons (Fsp3) is 0.429. The third-order valence-electron chi connectivity index (χ3n) is 6.75. The highest BCUT2D eigenvalue weighted by Gasteiger charge is 2.39. The molecule has 7 nitrogen and oxygen atoms in total. The summed E-state index contributed by atoms with van der Waals surface area (Å²) in [6, 6.07) is 0. The van der Waals surface area contributed by atoms with E-state index in [4.69, 9.17) is 11.6 Å². The molecule has 4 N–H and O–H groups in total. The summed E-state index contributed by atoms with van der Waals surface area (Å²) in [6.45, 7) is 3.39. The standard InChI is InChI=1S/C28H32F9N7/c1-4-18-16-44(5-2)40-24(18)23-11-10-20(26(29,30)31)9-7-19(23)15-43(25(38)41-42(3)39)14-17-6-8-21(27(32,33)34)13-22(12-17)28(35,36)37/h7-13,16,20H,4-6,14-15,39H2,1-3H3,(H2,38,41). The number of aromatic nitrogens is 2. The lowest BCUT2D eigenvalue weighted by atomic mass is 10.00. The number of hydrazine groups is 1. The molecule has 3 rings (SSSR count). The minimum atomic E-state index is -5.10. The Morgan fingerprint density at radius 2 is 1.61 bits per heavy atom. The monoisotopic (exact) mass is 637 g/mol. The number of hydrazone groups is 1. The molecule has 0 spiro atoms. The second kappa shape index (κ2) is 13.4. The largest absolute Gasteiger partial charge is 0.416 e. The van der Waals surface area contributed by atoms with Crippen LogP contribution in [0.3, 0.4) is 0 Å². The van der Waals surface area contributed by atoms with E-state index in [0.717, 1.165) is 22.8 Å². The Labute approximate surface area is 248 Å². The van der Waals surface area contributed by atoms with Gasteiger partial charge in [-0.25, -0.2) is 11.0 Å². The smallest absolute Gasteiger partial charge is 0.368 e. The molecule has 0 radical (unpaired) electrons. The fourth-order valence-corrected chi connectivity index (χ4v) is 4.53. The van der Waals surface area contributed by atoms with Crippen molar-refractivity contribution in [3.63, 3.8) is 0 Å². The van der Waals surface area contributed by atoms with Crippen molar-refractivity contribution in [3.8, 4) is 0 Å². The predicted octanol–water partition coefficient (Wildman–Crippen LogP) is 6.17. The first-order valence-electron chi connectivity index (χ1n) is 13.4. The van der Waals surface area contributed by atoms with Gasteiger partial charge in [0.05, 0.1) is 22.8 Å². The molecule has 16 heteroatoms. The van der Waals surface area contributed by atoms with Crippen molar-refractivity contribution in [1.29, 1.82) is 0 Å². The van der Waals surface area contributed by atoms with Gasteiger partial charge in [0.15, 0.2) is 0 Å². The molecule has 1 unspecified atom stereocenters. The molecular weight excluding hydrogens is 605 g/mol. The van der Waals surface area contributed by atoms with Gasteiger partial charge in [-0.15, -0.1) is 5.10 Å². The first kappa shape index (κ1) is 34.5. The van der Waals surface area contributed by atoms with Gasteiger partial charge in [-0.1, -0.05) is 37.3 Å². The van der Waals surface area contributed by atoms with Crippen LogP contribution in [0.2, 0.25) is 0 Å². The number of guanidine groups is 1. The molecule has 242 valence electrons. The molecule has 1 aromatic heterocycles. The summed E-state index contributed by atoms with van der Waals surface area (Å²) in [6.07, 6.45) is -7.37. The Hall–Kier alpha value is -3.95. The average molecular weight is 638 g/mol. The van der Waals surface area contributed by atoms with Gasteiger partial charge in [0.1, 0.15) is 0 Å². The molecule has 1 atom stereocenters. The van der Waals surface area contributed by atoms with Gasteiger partial charge in [-0.05, 0) is 48.6 Å². The maximum atomic E-state index is 13.7. The maximum absolute atomic E-state index is 13.7. The van der Waals surface area contributed by atoms with E-state index in [2.05, 4.69) is 10.2 Å². The van der Waals surface area contributed by atoms with Crippen LogP contribution in [-0.2, 0) is 13.0 Å². The summed E-state index contributed by atoms with van der Waals surface area (Å²) >= 11 is 0. The fourth-order valence-electron chi connectivity index (χ4n) is 4.53. The predicted molar refractivity (Wildman–Crippen MR) is 148 cm³/mol. The zero-order chi connectivity index (χ0) is 33.0.